The second-order valence-corrected chi connectivity index (χ2v) is 6.68. The van der Waals surface area contributed by atoms with Crippen molar-refractivity contribution in [2.24, 2.45) is 5.92 Å². The Morgan fingerprint density at radius 3 is 2.24 bits per heavy atom. The molecule has 1 saturated heterocycles. The third kappa shape index (κ3) is 3.98. The minimum Gasteiger partial charge on any atom is -0.374 e. The van der Waals surface area contributed by atoms with Crippen molar-refractivity contribution >= 4 is 5.78 Å². The summed E-state index contributed by atoms with van der Waals surface area (Å²) >= 11 is 0. The van der Waals surface area contributed by atoms with Gasteiger partial charge in [0.1, 0.15) is 12.2 Å². The Labute approximate surface area is 147 Å². The van der Waals surface area contributed by atoms with Crippen molar-refractivity contribution in [1.29, 1.82) is 0 Å². The predicted molar refractivity (Wildman–Crippen MR) is 92.9 cm³/mol. The normalized spacial score (nSPS) is 27.8. The molecule has 1 aliphatic carbocycles. The van der Waals surface area contributed by atoms with Crippen LogP contribution in [-0.4, -0.2) is 30.7 Å². The summed E-state index contributed by atoms with van der Waals surface area (Å²) < 4.78 is 17.7. The van der Waals surface area contributed by atoms with Crippen LogP contribution in [0.4, 0.5) is 0 Å². The first kappa shape index (κ1) is 16.5. The number of benzene rings is 2. The molecule has 4 atom stereocenters. The van der Waals surface area contributed by atoms with E-state index in [1.165, 1.54) is 0 Å². The van der Waals surface area contributed by atoms with E-state index >= 15 is 0 Å². The van der Waals surface area contributed by atoms with Gasteiger partial charge in [0.25, 0.3) is 0 Å². The lowest BCUT2D eigenvalue weighted by Gasteiger charge is -2.30. The Hall–Kier alpha value is -2.01. The quantitative estimate of drug-likeness (QED) is 0.778. The molecule has 2 fully saturated rings. The first-order valence-electron chi connectivity index (χ1n) is 8.77. The first-order chi connectivity index (χ1) is 12.3. The number of hydrogen-bond acceptors (Lipinski definition) is 4. The highest BCUT2D eigenvalue weighted by atomic mass is 16.6. The number of hydrogen-bond donors (Lipinski definition) is 0. The SMILES string of the molecule is O=C1C2CC2O[C@H](COCc2ccccc2)[C@H]1OCc1ccccc1. The van der Waals surface area contributed by atoms with E-state index in [0.717, 1.165) is 17.5 Å². The zero-order valence-corrected chi connectivity index (χ0v) is 14.0. The van der Waals surface area contributed by atoms with Crippen LogP contribution in [0, 0.1) is 5.92 Å². The van der Waals surface area contributed by atoms with Gasteiger partial charge in [-0.15, -0.1) is 0 Å². The number of ketones is 1. The highest BCUT2D eigenvalue weighted by molar-refractivity contribution is 5.89. The van der Waals surface area contributed by atoms with Crippen LogP contribution >= 0.6 is 0 Å². The van der Waals surface area contributed by atoms with Crippen molar-refractivity contribution in [3.05, 3.63) is 71.8 Å². The Morgan fingerprint density at radius 2 is 1.56 bits per heavy atom. The summed E-state index contributed by atoms with van der Waals surface area (Å²) in [4.78, 5) is 12.6. The smallest absolute Gasteiger partial charge is 0.170 e. The summed E-state index contributed by atoms with van der Waals surface area (Å²) in [6, 6.07) is 19.9. The molecule has 1 saturated carbocycles. The van der Waals surface area contributed by atoms with Crippen molar-refractivity contribution in [3.8, 4) is 0 Å². The molecular formula is C21H22O4. The maximum absolute atomic E-state index is 12.6. The van der Waals surface area contributed by atoms with E-state index in [0.29, 0.717) is 19.8 Å². The fraction of sp³-hybridized carbons (Fsp3) is 0.381. The minimum absolute atomic E-state index is 0.0196. The standard InChI is InChI=1S/C21H22O4/c22-20-17-11-18(17)25-19(14-23-12-15-7-3-1-4-8-15)21(20)24-13-16-9-5-2-6-10-16/h1-10,17-19,21H,11-14H2/t17?,18?,19-,21-/m1/s1. The van der Waals surface area contributed by atoms with Gasteiger partial charge in [0.05, 0.1) is 25.9 Å². The molecule has 0 N–H and O–H groups in total. The second-order valence-electron chi connectivity index (χ2n) is 6.68. The Bertz CT molecular complexity index is 700. The third-order valence-corrected chi connectivity index (χ3v) is 4.73. The molecule has 4 heteroatoms. The Morgan fingerprint density at radius 1 is 0.920 bits per heavy atom. The average Bonchev–Trinajstić information content (AvgIpc) is 3.43. The largest absolute Gasteiger partial charge is 0.374 e. The van der Waals surface area contributed by atoms with Gasteiger partial charge in [-0.3, -0.25) is 4.79 Å². The molecule has 130 valence electrons. The molecule has 2 aromatic carbocycles. The molecule has 1 aliphatic heterocycles. The van der Waals surface area contributed by atoms with Crippen LogP contribution in [0.3, 0.4) is 0 Å². The fourth-order valence-electron chi connectivity index (χ4n) is 3.26. The van der Waals surface area contributed by atoms with Crippen LogP contribution in [0.5, 0.6) is 0 Å². The van der Waals surface area contributed by atoms with E-state index in [2.05, 4.69) is 0 Å². The molecule has 1 heterocycles. The molecule has 0 amide bonds. The molecule has 0 aromatic heterocycles. The fourth-order valence-corrected chi connectivity index (χ4v) is 3.26. The van der Waals surface area contributed by atoms with Crippen LogP contribution in [0.2, 0.25) is 0 Å². The number of carbonyl (C=O) groups is 1. The van der Waals surface area contributed by atoms with Gasteiger partial charge in [0, 0.05) is 5.92 Å². The molecule has 4 rings (SSSR count). The van der Waals surface area contributed by atoms with Gasteiger partial charge < -0.3 is 14.2 Å². The van der Waals surface area contributed by atoms with Crippen LogP contribution < -0.4 is 0 Å². The van der Waals surface area contributed by atoms with Crippen molar-refractivity contribution in [2.75, 3.05) is 6.61 Å². The highest BCUT2D eigenvalue weighted by Crippen LogP contribution is 2.42. The number of carbonyl (C=O) groups excluding carboxylic acids is 1. The highest BCUT2D eigenvalue weighted by Gasteiger charge is 2.54. The van der Waals surface area contributed by atoms with Crippen LogP contribution in [0.15, 0.2) is 60.7 Å². The molecule has 0 radical (unpaired) electrons. The lowest BCUT2D eigenvalue weighted by Crippen LogP contribution is -2.46. The minimum atomic E-state index is -0.542. The van der Waals surface area contributed by atoms with E-state index in [-0.39, 0.29) is 23.9 Å². The van der Waals surface area contributed by atoms with Crippen LogP contribution in [0.1, 0.15) is 17.5 Å². The summed E-state index contributed by atoms with van der Waals surface area (Å²) in [6.07, 6.45) is 0.0111. The predicted octanol–water partition coefficient (Wildman–Crippen LogP) is 3.15. The van der Waals surface area contributed by atoms with Gasteiger partial charge in [-0.2, -0.15) is 0 Å². The van der Waals surface area contributed by atoms with E-state index < -0.39 is 6.10 Å². The first-order valence-corrected chi connectivity index (χ1v) is 8.77. The van der Waals surface area contributed by atoms with E-state index in [1.54, 1.807) is 0 Å². The van der Waals surface area contributed by atoms with Gasteiger partial charge >= 0.3 is 0 Å². The molecule has 4 nitrogen and oxygen atoms in total. The topological polar surface area (TPSA) is 44.8 Å². The molecule has 0 spiro atoms. The molecule has 2 unspecified atom stereocenters. The third-order valence-electron chi connectivity index (χ3n) is 4.73. The van der Waals surface area contributed by atoms with Crippen molar-refractivity contribution < 1.29 is 19.0 Å². The summed E-state index contributed by atoms with van der Waals surface area (Å²) in [7, 11) is 0. The van der Waals surface area contributed by atoms with E-state index in [1.807, 2.05) is 60.7 Å². The molecule has 2 aromatic rings. The number of fused-ring (bicyclic) bond motifs is 1. The summed E-state index contributed by atoms with van der Waals surface area (Å²) in [5.74, 6) is 0.187. The molecular weight excluding hydrogens is 316 g/mol. The maximum atomic E-state index is 12.6. The Kier molecular flexibility index (Phi) is 4.92. The van der Waals surface area contributed by atoms with Gasteiger partial charge in [-0.25, -0.2) is 0 Å². The zero-order chi connectivity index (χ0) is 17.1. The van der Waals surface area contributed by atoms with Crippen molar-refractivity contribution in [3.63, 3.8) is 0 Å². The van der Waals surface area contributed by atoms with E-state index in [9.17, 15) is 4.79 Å². The molecule has 25 heavy (non-hydrogen) atoms. The second kappa shape index (κ2) is 7.48. The van der Waals surface area contributed by atoms with Crippen LogP contribution in [0.25, 0.3) is 0 Å². The van der Waals surface area contributed by atoms with Crippen molar-refractivity contribution in [1.82, 2.24) is 0 Å². The Balaban J connectivity index is 1.35. The summed E-state index contributed by atoms with van der Waals surface area (Å²) in [5.41, 5.74) is 2.16. The monoisotopic (exact) mass is 338 g/mol. The summed E-state index contributed by atoms with van der Waals surface area (Å²) in [6.45, 7) is 1.28. The van der Waals surface area contributed by atoms with Gasteiger partial charge in [-0.1, -0.05) is 60.7 Å². The van der Waals surface area contributed by atoms with Crippen molar-refractivity contribution in [2.45, 2.75) is 37.9 Å². The lowest BCUT2D eigenvalue weighted by atomic mass is 10.0. The van der Waals surface area contributed by atoms with Crippen LogP contribution in [-0.2, 0) is 32.2 Å². The summed E-state index contributed by atoms with van der Waals surface area (Å²) in [5, 5.41) is 0. The lowest BCUT2D eigenvalue weighted by molar-refractivity contribution is -0.166. The van der Waals surface area contributed by atoms with E-state index in [4.69, 9.17) is 14.2 Å². The maximum Gasteiger partial charge on any atom is 0.170 e. The number of ether oxygens (including phenoxy) is 3. The molecule has 2 aliphatic rings. The van der Waals surface area contributed by atoms with Gasteiger partial charge in [0.15, 0.2) is 5.78 Å². The van der Waals surface area contributed by atoms with Gasteiger partial charge in [0.2, 0.25) is 0 Å². The molecule has 0 bridgehead atoms. The van der Waals surface area contributed by atoms with Gasteiger partial charge in [-0.05, 0) is 17.5 Å². The number of Topliss-reactive ketones (excluding diaryl/α,β-unsaturated/α-hetero) is 1. The zero-order valence-electron chi connectivity index (χ0n) is 14.0. The average molecular weight is 338 g/mol. The number of rotatable bonds is 7.